The van der Waals surface area contributed by atoms with Crippen molar-refractivity contribution in [3.8, 4) is 0 Å². The van der Waals surface area contributed by atoms with E-state index in [-0.39, 0.29) is 31.3 Å². The molecule has 9 heteroatoms. The van der Waals surface area contributed by atoms with E-state index in [0.29, 0.717) is 6.42 Å². The molecule has 3 N–H and O–H groups in total. The zero-order valence-electron chi connectivity index (χ0n) is 20.0. The van der Waals surface area contributed by atoms with Crippen LogP contribution < -0.4 is 15.4 Å². The van der Waals surface area contributed by atoms with E-state index in [9.17, 15) is 14.4 Å². The Morgan fingerprint density at radius 1 is 1.12 bits per heavy atom. The predicted octanol–water partition coefficient (Wildman–Crippen LogP) is 3.63. The van der Waals surface area contributed by atoms with Crippen LogP contribution in [0.2, 0.25) is 0 Å². The fourth-order valence-electron chi connectivity index (χ4n) is 3.07. The fourth-order valence-corrected chi connectivity index (χ4v) is 3.88. The van der Waals surface area contributed by atoms with Crippen LogP contribution in [0.15, 0.2) is 58.4 Å². The van der Waals surface area contributed by atoms with Gasteiger partial charge in [-0.15, -0.1) is 0 Å². The van der Waals surface area contributed by atoms with E-state index >= 15 is 0 Å². The average molecular weight is 485 g/mol. The lowest BCUT2D eigenvalue weighted by Gasteiger charge is -2.19. The van der Waals surface area contributed by atoms with Crippen LogP contribution in [0.3, 0.4) is 0 Å². The minimum Gasteiger partial charge on any atom is -0.465 e. The number of benzene rings is 2. The number of carbonyl (C=O) groups is 3. The molecule has 2 aromatic carbocycles. The summed E-state index contributed by atoms with van der Waals surface area (Å²) in [5, 5.41) is 5.31. The first-order chi connectivity index (χ1) is 16.5. The van der Waals surface area contributed by atoms with Crippen LogP contribution in [0.25, 0.3) is 0 Å². The molecule has 182 valence electrons. The number of esters is 1. The number of rotatable bonds is 9. The third-order valence-electron chi connectivity index (χ3n) is 4.84. The minimum atomic E-state index is -0.674. The number of nitrogens with zero attached hydrogens (tertiary/aromatic N) is 1. The fraction of sp³-hybridized carbons (Fsp3) is 0.360. The predicted molar refractivity (Wildman–Crippen MR) is 135 cm³/mol. The largest absolute Gasteiger partial charge is 0.465 e. The maximum atomic E-state index is 12.7. The molecule has 1 atom stereocenters. The van der Waals surface area contributed by atoms with Crippen molar-refractivity contribution in [1.82, 2.24) is 15.4 Å². The van der Waals surface area contributed by atoms with E-state index in [1.54, 1.807) is 7.05 Å². The van der Waals surface area contributed by atoms with Gasteiger partial charge in [0.1, 0.15) is 0 Å². The van der Waals surface area contributed by atoms with E-state index < -0.39 is 17.8 Å². The second kappa shape index (κ2) is 14.0. The van der Waals surface area contributed by atoms with Crippen molar-refractivity contribution in [2.75, 3.05) is 20.2 Å². The molecule has 0 fully saturated rings. The lowest BCUT2D eigenvalue weighted by Crippen LogP contribution is -2.41. The normalized spacial score (nSPS) is 12.5. The van der Waals surface area contributed by atoms with E-state index in [2.05, 4.69) is 20.3 Å². The number of hydrogen-bond acceptors (Lipinski definition) is 7. The summed E-state index contributed by atoms with van der Waals surface area (Å²) >= 11 is 1.33. The number of amidine groups is 1. The molecule has 0 spiro atoms. The molecule has 2 amide bonds. The number of amides is 2. The quantitative estimate of drug-likeness (QED) is 0.285. The summed E-state index contributed by atoms with van der Waals surface area (Å²) in [6.45, 7) is 6.18. The van der Waals surface area contributed by atoms with Gasteiger partial charge in [-0.2, -0.15) is 0 Å². The maximum Gasteiger partial charge on any atom is 0.315 e. The third kappa shape index (κ3) is 7.91. The number of hydrogen-bond donors (Lipinski definition) is 3. The summed E-state index contributed by atoms with van der Waals surface area (Å²) in [6.07, 6.45) is 0.705. The van der Waals surface area contributed by atoms with Gasteiger partial charge in [0.25, 0.3) is 5.91 Å². The number of aliphatic imine (C=N–C) groups is 1. The number of carbonyl (C=O) groups excluding carboxylic acids is 3. The zero-order chi connectivity index (χ0) is 24.9. The Bertz CT molecular complexity index is 1010. The molecule has 1 aliphatic rings. The summed E-state index contributed by atoms with van der Waals surface area (Å²) in [5.41, 5.74) is 2.57. The van der Waals surface area contributed by atoms with Gasteiger partial charge in [0.05, 0.1) is 23.1 Å². The Morgan fingerprint density at radius 2 is 1.85 bits per heavy atom. The van der Waals surface area contributed by atoms with Gasteiger partial charge in [-0.05, 0) is 48.6 Å². The van der Waals surface area contributed by atoms with Gasteiger partial charge in [-0.3, -0.25) is 14.4 Å². The first kappa shape index (κ1) is 26.9. The highest BCUT2D eigenvalue weighted by atomic mass is 32.2. The first-order valence-corrected chi connectivity index (χ1v) is 12.1. The highest BCUT2D eigenvalue weighted by Gasteiger charge is 2.25. The molecule has 0 aliphatic carbocycles. The van der Waals surface area contributed by atoms with Gasteiger partial charge in [-0.25, -0.2) is 4.99 Å². The van der Waals surface area contributed by atoms with E-state index in [1.165, 1.54) is 11.9 Å². The van der Waals surface area contributed by atoms with Crippen LogP contribution in [-0.2, 0) is 19.1 Å². The maximum absolute atomic E-state index is 12.7. The van der Waals surface area contributed by atoms with Gasteiger partial charge in [0.15, 0.2) is 0 Å². The van der Waals surface area contributed by atoms with Crippen molar-refractivity contribution in [2.45, 2.75) is 44.4 Å². The van der Waals surface area contributed by atoms with Gasteiger partial charge in [-0.1, -0.05) is 50.2 Å². The first-order valence-electron chi connectivity index (χ1n) is 11.3. The zero-order valence-corrected chi connectivity index (χ0v) is 20.8. The molecule has 0 radical (unpaired) electrons. The molecular weight excluding hydrogens is 452 g/mol. The molecule has 1 heterocycles. The second-order valence-electron chi connectivity index (χ2n) is 7.25. The molecule has 34 heavy (non-hydrogen) atoms. The van der Waals surface area contributed by atoms with Crippen molar-refractivity contribution >= 4 is 41.3 Å². The monoisotopic (exact) mass is 484 g/mol. The van der Waals surface area contributed by atoms with Crippen LogP contribution in [0.5, 0.6) is 0 Å². The van der Waals surface area contributed by atoms with Crippen molar-refractivity contribution in [3.63, 3.8) is 0 Å². The average Bonchev–Trinajstić information content (AvgIpc) is 2.87. The van der Waals surface area contributed by atoms with Crippen LogP contribution in [0.4, 0.5) is 5.69 Å². The summed E-state index contributed by atoms with van der Waals surface area (Å²) in [7, 11) is 1.56. The van der Waals surface area contributed by atoms with Crippen molar-refractivity contribution in [1.29, 1.82) is 0 Å². The molecule has 2 aromatic rings. The Labute approximate surface area is 205 Å². The molecule has 3 rings (SSSR count). The molecule has 0 bridgehead atoms. The molecule has 0 saturated carbocycles. The van der Waals surface area contributed by atoms with Crippen molar-refractivity contribution in [2.24, 2.45) is 4.99 Å². The third-order valence-corrected chi connectivity index (χ3v) is 5.69. The van der Waals surface area contributed by atoms with E-state index in [0.717, 1.165) is 21.7 Å². The van der Waals surface area contributed by atoms with Gasteiger partial charge in [0, 0.05) is 20.0 Å². The van der Waals surface area contributed by atoms with Crippen molar-refractivity contribution in [3.05, 3.63) is 59.7 Å². The summed E-state index contributed by atoms with van der Waals surface area (Å²) < 4.78 is 8.32. The molecule has 8 nitrogen and oxygen atoms in total. The van der Waals surface area contributed by atoms with Gasteiger partial charge >= 0.3 is 5.97 Å². The minimum absolute atomic E-state index is 0.0588. The lowest BCUT2D eigenvalue weighted by molar-refractivity contribution is -0.146. The van der Waals surface area contributed by atoms with Crippen LogP contribution in [0.1, 0.15) is 43.7 Å². The van der Waals surface area contributed by atoms with Crippen LogP contribution in [0, 0.1) is 6.92 Å². The number of aryl methyl sites for hydroxylation is 1. The number of ether oxygens (including phenoxy) is 1. The number of fused-ring (bicyclic) bond motifs is 1. The highest BCUT2D eigenvalue weighted by Crippen LogP contribution is 2.32. The summed E-state index contributed by atoms with van der Waals surface area (Å²) in [6, 6.07) is 14.9. The Morgan fingerprint density at radius 3 is 2.56 bits per heavy atom. The Hall–Kier alpha value is -3.33. The SMILES string of the molecule is CC.CNC(=O)CCCOC(=O)C(CNC(=O)C1=Nc2ccc(C)cc2SN1)c1ccccc1. The van der Waals surface area contributed by atoms with E-state index in [4.69, 9.17) is 4.74 Å². The topological polar surface area (TPSA) is 109 Å². The highest BCUT2D eigenvalue weighted by molar-refractivity contribution is 7.98. The summed E-state index contributed by atoms with van der Waals surface area (Å²) in [4.78, 5) is 42.1. The van der Waals surface area contributed by atoms with Crippen LogP contribution in [-0.4, -0.2) is 43.8 Å². The number of nitrogens with one attached hydrogen (secondary N) is 3. The molecule has 0 saturated heterocycles. The molecular formula is C25H32N4O4S. The van der Waals surface area contributed by atoms with Crippen LogP contribution >= 0.6 is 11.9 Å². The second-order valence-corrected chi connectivity index (χ2v) is 8.10. The van der Waals surface area contributed by atoms with Crippen molar-refractivity contribution < 1.29 is 19.1 Å². The standard InChI is InChI=1S/C23H26N4O4S.C2H6/c1-15-10-11-18-19(13-15)32-27-21(26-18)22(29)25-14-17(16-7-4-3-5-8-16)23(30)31-12-6-9-20(28)24-2;1-2/h3-5,7-8,10-11,13,17H,6,9,12,14H2,1-2H3,(H,24,28)(H,25,29)(H,26,27);1-2H3. The lowest BCUT2D eigenvalue weighted by atomic mass is 9.99. The van der Waals surface area contributed by atoms with Gasteiger partial charge in [0.2, 0.25) is 11.7 Å². The molecule has 1 unspecified atom stereocenters. The van der Waals surface area contributed by atoms with Gasteiger partial charge < -0.3 is 20.1 Å². The summed E-state index contributed by atoms with van der Waals surface area (Å²) in [5.74, 6) is -1.47. The Kier molecular flexibility index (Phi) is 11.1. The molecule has 0 aromatic heterocycles. The smallest absolute Gasteiger partial charge is 0.315 e. The van der Waals surface area contributed by atoms with E-state index in [1.807, 2.05) is 69.3 Å². The molecule has 1 aliphatic heterocycles. The Balaban J connectivity index is 0.00000199.